The van der Waals surface area contributed by atoms with Crippen LogP contribution in [0.15, 0.2) is 71.2 Å². The van der Waals surface area contributed by atoms with Gasteiger partial charge in [0.25, 0.3) is 0 Å². The second-order valence-electron chi connectivity index (χ2n) is 10.2. The van der Waals surface area contributed by atoms with E-state index in [1.165, 1.54) is 20.3 Å². The van der Waals surface area contributed by atoms with Crippen molar-refractivity contribution in [3.8, 4) is 0 Å². The molecule has 2 aromatic carbocycles. The lowest BCUT2D eigenvalue weighted by Crippen LogP contribution is -2.34. The van der Waals surface area contributed by atoms with Gasteiger partial charge in [-0.15, -0.1) is 0 Å². The first kappa shape index (κ1) is 23.7. The van der Waals surface area contributed by atoms with Gasteiger partial charge in [-0.2, -0.15) is 4.31 Å². The minimum atomic E-state index is -3.56. The van der Waals surface area contributed by atoms with E-state index in [9.17, 15) is 8.42 Å². The van der Waals surface area contributed by atoms with Crippen LogP contribution in [0.5, 0.6) is 0 Å². The number of nitrogens with zero attached hydrogens (tertiary/aromatic N) is 1. The molecule has 0 bridgehead atoms. The summed E-state index contributed by atoms with van der Waals surface area (Å²) in [4.78, 5) is 0.383. The van der Waals surface area contributed by atoms with Gasteiger partial charge >= 0.3 is 0 Å². The molecule has 4 rings (SSSR count). The van der Waals surface area contributed by atoms with Gasteiger partial charge in [-0.3, -0.25) is 0 Å². The first-order valence-corrected chi connectivity index (χ1v) is 13.7. The molecule has 1 unspecified atom stereocenters. The zero-order chi connectivity index (χ0) is 23.1. The molecule has 1 spiro atoms. The quantitative estimate of drug-likeness (QED) is 0.302. The summed E-state index contributed by atoms with van der Waals surface area (Å²) in [6.07, 6.45) is 7.43. The van der Waals surface area contributed by atoms with Crippen molar-refractivity contribution in [3.63, 3.8) is 0 Å². The van der Waals surface area contributed by atoms with Gasteiger partial charge in [0, 0.05) is 22.1 Å². The predicted octanol–water partition coefficient (Wildman–Crippen LogP) is 6.91. The zero-order valence-electron chi connectivity index (χ0n) is 19.4. The van der Waals surface area contributed by atoms with Crippen molar-refractivity contribution in [1.29, 1.82) is 0 Å². The molecule has 2 aliphatic rings. The molecule has 0 N–H and O–H groups in total. The number of hydrogen-bond donors (Lipinski definition) is 0. The number of sulfonamides is 1. The Kier molecular flexibility index (Phi) is 6.47. The molecule has 0 saturated carbocycles. The molecule has 1 aliphatic heterocycles. The van der Waals surface area contributed by atoms with Crippen molar-refractivity contribution in [2.75, 3.05) is 13.1 Å². The summed E-state index contributed by atoms with van der Waals surface area (Å²) < 4.78 is 30.2. The summed E-state index contributed by atoms with van der Waals surface area (Å²) in [7, 11) is -3.56. The van der Waals surface area contributed by atoms with Crippen molar-refractivity contribution in [3.05, 3.63) is 82.9 Å². The van der Waals surface area contributed by atoms with E-state index in [0.717, 1.165) is 24.8 Å². The van der Waals surface area contributed by atoms with Crippen LogP contribution in [0, 0.1) is 24.7 Å². The molecular weight excluding hydrogens is 529 g/mol. The fourth-order valence-electron chi connectivity index (χ4n) is 5.16. The van der Waals surface area contributed by atoms with E-state index >= 15 is 0 Å². The predicted molar refractivity (Wildman–Crippen MR) is 141 cm³/mol. The fraction of sp³-hybridized carbons (Fsp3) is 0.407. The molecule has 1 atom stereocenters. The molecule has 5 heteroatoms. The Labute approximate surface area is 206 Å². The second kappa shape index (κ2) is 8.73. The van der Waals surface area contributed by atoms with Gasteiger partial charge in [0.05, 0.1) is 4.90 Å². The van der Waals surface area contributed by atoms with E-state index in [1.54, 1.807) is 16.4 Å². The Morgan fingerprint density at radius 1 is 0.906 bits per heavy atom. The van der Waals surface area contributed by atoms with E-state index in [1.807, 2.05) is 19.1 Å². The lowest BCUT2D eigenvalue weighted by molar-refractivity contribution is 0.209. The summed E-state index contributed by atoms with van der Waals surface area (Å²) in [5.74, 6) is 0. The molecule has 2 aromatic rings. The van der Waals surface area contributed by atoms with Crippen LogP contribution in [0.3, 0.4) is 0 Å². The third-order valence-corrected chi connectivity index (χ3v) is 9.92. The average Bonchev–Trinajstić information content (AvgIpc) is 3.02. The molecule has 1 fully saturated rings. The van der Waals surface area contributed by atoms with Crippen LogP contribution in [-0.2, 0) is 10.0 Å². The molecule has 1 aliphatic carbocycles. The first-order chi connectivity index (χ1) is 15.0. The van der Waals surface area contributed by atoms with Crippen LogP contribution in [0.25, 0.3) is 3.58 Å². The lowest BCUT2D eigenvalue weighted by Gasteiger charge is -2.36. The maximum atomic E-state index is 13.7. The fourth-order valence-corrected chi connectivity index (χ4v) is 7.76. The van der Waals surface area contributed by atoms with Gasteiger partial charge in [-0.1, -0.05) is 73.5 Å². The number of aryl methyl sites for hydroxylation is 2. The average molecular weight is 562 g/mol. The van der Waals surface area contributed by atoms with Crippen LogP contribution in [0.4, 0.5) is 0 Å². The zero-order valence-corrected chi connectivity index (χ0v) is 22.3. The second-order valence-corrected chi connectivity index (χ2v) is 13.3. The van der Waals surface area contributed by atoms with Gasteiger partial charge in [-0.25, -0.2) is 8.42 Å². The minimum absolute atomic E-state index is 0.117. The van der Waals surface area contributed by atoms with Crippen LogP contribution < -0.4 is 0 Å². The molecular formula is C27H32INO2S. The highest BCUT2D eigenvalue weighted by atomic mass is 127. The smallest absolute Gasteiger partial charge is 0.207 e. The van der Waals surface area contributed by atoms with Crippen LogP contribution in [-0.4, -0.2) is 25.8 Å². The van der Waals surface area contributed by atoms with Gasteiger partial charge < -0.3 is 0 Å². The first-order valence-electron chi connectivity index (χ1n) is 11.2. The van der Waals surface area contributed by atoms with Crippen LogP contribution in [0.1, 0.15) is 49.8 Å². The highest BCUT2D eigenvalue weighted by molar-refractivity contribution is 14.1. The largest absolute Gasteiger partial charge is 0.243 e. The monoisotopic (exact) mass is 561 g/mol. The summed E-state index contributed by atoms with van der Waals surface area (Å²) in [5.41, 5.74) is 4.66. The Balaban J connectivity index is 1.83. The van der Waals surface area contributed by atoms with Crippen molar-refractivity contribution in [2.45, 2.75) is 51.9 Å². The van der Waals surface area contributed by atoms with Crippen LogP contribution in [0.2, 0.25) is 0 Å². The van der Waals surface area contributed by atoms with Crippen molar-refractivity contribution in [2.24, 2.45) is 10.8 Å². The highest BCUT2D eigenvalue weighted by Crippen LogP contribution is 2.54. The highest BCUT2D eigenvalue weighted by Gasteiger charge is 2.49. The Hall–Kier alpha value is -1.44. The Morgan fingerprint density at radius 2 is 1.47 bits per heavy atom. The Morgan fingerprint density at radius 3 is 2.09 bits per heavy atom. The summed E-state index contributed by atoms with van der Waals surface area (Å²) in [5, 5.41) is 0. The van der Waals surface area contributed by atoms with E-state index in [2.05, 4.69) is 79.8 Å². The maximum absolute atomic E-state index is 13.7. The SMILES string of the molecule is Cc1ccc(/C(I)=C2/CN(S(=O)(=O)c3ccc(C)cc3)CC23CC=CCC(C)(C)C3)cc1. The summed E-state index contributed by atoms with van der Waals surface area (Å²) >= 11 is 2.45. The third-order valence-electron chi connectivity index (χ3n) is 6.85. The standard InChI is InChI=1S/C27H32INO2S/c1-20-7-11-22(12-8-20)25(28)24-17-29(32(30,31)23-13-9-21(2)10-14-23)19-27(24)16-6-5-15-26(3,4)18-27/h5-14H,15-19H2,1-4H3/b25-24+. The van der Waals surface area contributed by atoms with Gasteiger partial charge in [0.15, 0.2) is 0 Å². The lowest BCUT2D eigenvalue weighted by atomic mass is 9.68. The van der Waals surface area contributed by atoms with E-state index < -0.39 is 10.0 Å². The topological polar surface area (TPSA) is 37.4 Å². The Bertz CT molecular complexity index is 1160. The number of allylic oxidation sites excluding steroid dienone is 2. The van der Waals surface area contributed by atoms with E-state index in [4.69, 9.17) is 0 Å². The third kappa shape index (κ3) is 4.62. The minimum Gasteiger partial charge on any atom is -0.207 e. The van der Waals surface area contributed by atoms with Crippen LogP contribution >= 0.6 is 22.6 Å². The molecule has 0 radical (unpaired) electrons. The molecule has 32 heavy (non-hydrogen) atoms. The van der Waals surface area contributed by atoms with E-state index in [-0.39, 0.29) is 10.8 Å². The molecule has 1 heterocycles. The number of halogens is 1. The number of benzene rings is 2. The molecule has 0 aromatic heterocycles. The number of hydrogen-bond acceptors (Lipinski definition) is 2. The van der Waals surface area contributed by atoms with Crippen molar-refractivity contribution in [1.82, 2.24) is 4.31 Å². The summed E-state index contributed by atoms with van der Waals surface area (Å²) in [6, 6.07) is 15.8. The van der Waals surface area contributed by atoms with Crippen molar-refractivity contribution < 1.29 is 8.42 Å². The molecule has 170 valence electrons. The normalized spacial score (nSPS) is 25.2. The molecule has 3 nitrogen and oxygen atoms in total. The van der Waals surface area contributed by atoms with Gasteiger partial charge in [-0.05, 0) is 84.4 Å². The van der Waals surface area contributed by atoms with Gasteiger partial charge in [0.1, 0.15) is 0 Å². The number of rotatable bonds is 3. The maximum Gasteiger partial charge on any atom is 0.243 e. The molecule has 0 amide bonds. The van der Waals surface area contributed by atoms with Gasteiger partial charge in [0.2, 0.25) is 10.0 Å². The summed E-state index contributed by atoms with van der Waals surface area (Å²) in [6.45, 7) is 9.66. The van der Waals surface area contributed by atoms with E-state index in [0.29, 0.717) is 18.0 Å². The molecule has 1 saturated heterocycles. The van der Waals surface area contributed by atoms with Crippen molar-refractivity contribution >= 4 is 36.2 Å².